The van der Waals surface area contributed by atoms with Crippen molar-refractivity contribution in [2.24, 2.45) is 0 Å². The second kappa shape index (κ2) is 4.80. The van der Waals surface area contributed by atoms with E-state index in [0.717, 1.165) is 18.4 Å². The van der Waals surface area contributed by atoms with Gasteiger partial charge in [0, 0.05) is 17.6 Å². The number of nitrogens with one attached hydrogen (secondary N) is 1. The Hall–Kier alpha value is -2.07. The Morgan fingerprint density at radius 1 is 1.25 bits per heavy atom. The number of benzene rings is 1. The molecule has 2 aromatic rings. The minimum absolute atomic E-state index is 0.00969. The zero-order valence-electron chi connectivity index (χ0n) is 10.8. The van der Waals surface area contributed by atoms with Crippen molar-refractivity contribution in [3.8, 4) is 0 Å². The van der Waals surface area contributed by atoms with E-state index in [0.29, 0.717) is 16.5 Å². The Bertz CT molecular complexity index is 650. The highest BCUT2D eigenvalue weighted by Gasteiger charge is 2.51. The molecule has 3 N–H and O–H groups in total. The molecule has 1 heterocycles. The molecule has 20 heavy (non-hydrogen) atoms. The fourth-order valence-corrected chi connectivity index (χ4v) is 2.48. The Balaban J connectivity index is 1.81. The second-order valence-electron chi connectivity index (χ2n) is 5.03. The van der Waals surface area contributed by atoms with E-state index in [1.165, 1.54) is 0 Å². The molecule has 3 rings (SSSR count). The van der Waals surface area contributed by atoms with Gasteiger partial charge in [-0.1, -0.05) is 23.7 Å². The molecular formula is C15H14ClN3O. The minimum Gasteiger partial charge on any atom is -0.399 e. The lowest BCUT2D eigenvalue weighted by Gasteiger charge is -2.16. The molecule has 1 aliphatic carbocycles. The molecule has 1 saturated carbocycles. The lowest BCUT2D eigenvalue weighted by atomic mass is 9.94. The van der Waals surface area contributed by atoms with Gasteiger partial charge in [0.05, 0.1) is 5.41 Å². The average Bonchev–Trinajstić information content (AvgIpc) is 3.21. The number of halogens is 1. The number of hydrogen-bond donors (Lipinski definition) is 2. The number of rotatable bonds is 3. The van der Waals surface area contributed by atoms with Gasteiger partial charge in [0.1, 0.15) is 5.15 Å². The highest BCUT2D eigenvalue weighted by Crippen LogP contribution is 2.49. The van der Waals surface area contributed by atoms with Gasteiger partial charge < -0.3 is 11.1 Å². The van der Waals surface area contributed by atoms with Crippen LogP contribution in [0.25, 0.3) is 0 Å². The first-order valence-corrected chi connectivity index (χ1v) is 6.77. The van der Waals surface area contributed by atoms with Crippen LogP contribution >= 0.6 is 11.6 Å². The summed E-state index contributed by atoms with van der Waals surface area (Å²) in [5.41, 5.74) is 7.62. The van der Waals surface area contributed by atoms with E-state index in [2.05, 4.69) is 10.3 Å². The largest absolute Gasteiger partial charge is 0.399 e. The monoisotopic (exact) mass is 287 g/mol. The number of pyridine rings is 1. The minimum atomic E-state index is -0.427. The number of aromatic nitrogens is 1. The molecule has 1 amide bonds. The van der Waals surface area contributed by atoms with E-state index in [4.69, 9.17) is 17.3 Å². The SMILES string of the molecule is Nc1ccc(C2(C(=O)Nc3ccnc(Cl)c3)CC2)cc1. The van der Waals surface area contributed by atoms with Crippen LogP contribution in [0.2, 0.25) is 5.15 Å². The number of nitrogen functional groups attached to an aromatic ring is 1. The number of anilines is 2. The van der Waals surface area contributed by atoms with E-state index < -0.39 is 5.41 Å². The maximum Gasteiger partial charge on any atom is 0.235 e. The smallest absolute Gasteiger partial charge is 0.235 e. The Morgan fingerprint density at radius 2 is 1.95 bits per heavy atom. The lowest BCUT2D eigenvalue weighted by Crippen LogP contribution is -2.27. The molecule has 0 atom stereocenters. The molecule has 4 nitrogen and oxygen atoms in total. The number of carbonyl (C=O) groups excluding carboxylic acids is 1. The van der Waals surface area contributed by atoms with Crippen LogP contribution in [0.3, 0.4) is 0 Å². The maximum absolute atomic E-state index is 12.5. The first-order chi connectivity index (χ1) is 9.60. The van der Waals surface area contributed by atoms with Crippen molar-refractivity contribution >= 4 is 28.9 Å². The molecule has 0 saturated heterocycles. The van der Waals surface area contributed by atoms with Gasteiger partial charge in [-0.15, -0.1) is 0 Å². The highest BCUT2D eigenvalue weighted by molar-refractivity contribution is 6.29. The van der Waals surface area contributed by atoms with Crippen LogP contribution in [-0.2, 0) is 10.2 Å². The molecule has 1 aromatic heterocycles. The van der Waals surface area contributed by atoms with Crippen molar-refractivity contribution in [2.45, 2.75) is 18.3 Å². The first-order valence-electron chi connectivity index (χ1n) is 6.39. The Labute approximate surface area is 122 Å². The van der Waals surface area contributed by atoms with Gasteiger partial charge in [0.25, 0.3) is 0 Å². The molecule has 1 aliphatic rings. The molecule has 5 heteroatoms. The fraction of sp³-hybridized carbons (Fsp3) is 0.200. The van der Waals surface area contributed by atoms with Crippen LogP contribution in [0.5, 0.6) is 0 Å². The lowest BCUT2D eigenvalue weighted by molar-refractivity contribution is -0.118. The molecule has 0 spiro atoms. The quantitative estimate of drug-likeness (QED) is 0.673. The molecule has 102 valence electrons. The summed E-state index contributed by atoms with van der Waals surface area (Å²) < 4.78 is 0. The number of amides is 1. The van der Waals surface area contributed by atoms with Gasteiger partial charge in [0.2, 0.25) is 5.91 Å². The third-order valence-electron chi connectivity index (χ3n) is 3.63. The average molecular weight is 288 g/mol. The van der Waals surface area contributed by atoms with Crippen LogP contribution < -0.4 is 11.1 Å². The number of nitrogens with zero attached hydrogens (tertiary/aromatic N) is 1. The van der Waals surface area contributed by atoms with Gasteiger partial charge in [-0.25, -0.2) is 4.98 Å². The fourth-order valence-electron chi connectivity index (χ4n) is 2.30. The molecular weight excluding hydrogens is 274 g/mol. The number of carbonyl (C=O) groups is 1. The summed E-state index contributed by atoms with van der Waals surface area (Å²) in [6.45, 7) is 0. The topological polar surface area (TPSA) is 68.0 Å². The Kier molecular flexibility index (Phi) is 3.10. The molecule has 0 radical (unpaired) electrons. The van der Waals surface area contributed by atoms with E-state index in [1.54, 1.807) is 18.3 Å². The van der Waals surface area contributed by atoms with Crippen molar-refractivity contribution in [2.75, 3.05) is 11.1 Å². The van der Waals surface area contributed by atoms with Crippen molar-refractivity contribution in [1.82, 2.24) is 4.98 Å². The van der Waals surface area contributed by atoms with E-state index in [1.807, 2.05) is 24.3 Å². The van der Waals surface area contributed by atoms with Crippen molar-refractivity contribution < 1.29 is 4.79 Å². The predicted molar refractivity (Wildman–Crippen MR) is 79.6 cm³/mol. The highest BCUT2D eigenvalue weighted by atomic mass is 35.5. The van der Waals surface area contributed by atoms with E-state index in [-0.39, 0.29) is 5.91 Å². The number of nitrogens with two attached hydrogens (primary N) is 1. The van der Waals surface area contributed by atoms with Crippen LogP contribution in [0.4, 0.5) is 11.4 Å². The second-order valence-corrected chi connectivity index (χ2v) is 5.41. The predicted octanol–water partition coefficient (Wildman–Crippen LogP) is 2.99. The van der Waals surface area contributed by atoms with Crippen molar-refractivity contribution in [3.05, 3.63) is 53.3 Å². The Morgan fingerprint density at radius 3 is 2.55 bits per heavy atom. The van der Waals surface area contributed by atoms with Crippen LogP contribution in [0, 0.1) is 0 Å². The molecule has 0 unspecified atom stereocenters. The molecule has 0 bridgehead atoms. The zero-order valence-corrected chi connectivity index (χ0v) is 11.5. The van der Waals surface area contributed by atoms with Crippen LogP contribution in [-0.4, -0.2) is 10.9 Å². The van der Waals surface area contributed by atoms with E-state index >= 15 is 0 Å². The maximum atomic E-state index is 12.5. The number of hydrogen-bond acceptors (Lipinski definition) is 3. The first kappa shape index (κ1) is 12.9. The van der Waals surface area contributed by atoms with Gasteiger partial charge in [-0.05, 0) is 42.7 Å². The summed E-state index contributed by atoms with van der Waals surface area (Å²) in [4.78, 5) is 16.4. The third kappa shape index (κ3) is 2.34. The summed E-state index contributed by atoms with van der Waals surface area (Å²) in [7, 11) is 0. The summed E-state index contributed by atoms with van der Waals surface area (Å²) in [6.07, 6.45) is 3.27. The standard InChI is InChI=1S/C15H14ClN3O/c16-13-9-12(5-8-18-13)19-14(20)15(6-7-15)10-1-3-11(17)4-2-10/h1-5,8-9H,6-7,17H2,(H,18,19,20). The molecule has 1 aromatic carbocycles. The normalized spacial score (nSPS) is 15.7. The van der Waals surface area contributed by atoms with E-state index in [9.17, 15) is 4.79 Å². The summed E-state index contributed by atoms with van der Waals surface area (Å²) in [6, 6.07) is 10.8. The zero-order chi connectivity index (χ0) is 14.2. The van der Waals surface area contributed by atoms with Crippen molar-refractivity contribution in [1.29, 1.82) is 0 Å². The van der Waals surface area contributed by atoms with Crippen molar-refractivity contribution in [3.63, 3.8) is 0 Å². The van der Waals surface area contributed by atoms with Crippen LogP contribution in [0.15, 0.2) is 42.6 Å². The molecule has 1 fully saturated rings. The summed E-state index contributed by atoms with van der Waals surface area (Å²) in [5, 5.41) is 3.27. The molecule has 0 aliphatic heterocycles. The summed E-state index contributed by atoms with van der Waals surface area (Å²) >= 11 is 5.82. The van der Waals surface area contributed by atoms with Gasteiger partial charge in [-0.3, -0.25) is 4.79 Å². The van der Waals surface area contributed by atoms with Gasteiger partial charge in [0.15, 0.2) is 0 Å². The van der Waals surface area contributed by atoms with Gasteiger partial charge >= 0.3 is 0 Å². The third-order valence-corrected chi connectivity index (χ3v) is 3.84. The van der Waals surface area contributed by atoms with Crippen LogP contribution in [0.1, 0.15) is 18.4 Å². The summed E-state index contributed by atoms with van der Waals surface area (Å²) in [5.74, 6) is -0.00969. The van der Waals surface area contributed by atoms with Gasteiger partial charge in [-0.2, -0.15) is 0 Å².